The lowest BCUT2D eigenvalue weighted by Gasteiger charge is -2.35. The van der Waals surface area contributed by atoms with E-state index in [9.17, 15) is 18.3 Å². The van der Waals surface area contributed by atoms with E-state index < -0.39 is 18.9 Å². The van der Waals surface area contributed by atoms with Crippen LogP contribution in [-0.2, 0) is 6.54 Å². The number of tetrazole rings is 1. The van der Waals surface area contributed by atoms with Gasteiger partial charge in [-0.1, -0.05) is 22.9 Å². The van der Waals surface area contributed by atoms with Crippen molar-refractivity contribution in [1.29, 1.82) is 0 Å². The second-order valence-corrected chi connectivity index (χ2v) is 7.13. The van der Waals surface area contributed by atoms with Crippen LogP contribution in [0.15, 0.2) is 41.0 Å². The predicted molar refractivity (Wildman–Crippen MR) is 104 cm³/mol. The first kappa shape index (κ1) is 22.1. The van der Waals surface area contributed by atoms with Gasteiger partial charge in [0.25, 0.3) is 0 Å². The number of halogens is 4. The fourth-order valence-electron chi connectivity index (χ4n) is 2.60. The van der Waals surface area contributed by atoms with Gasteiger partial charge in [-0.2, -0.15) is 23.4 Å². The molecule has 2 heterocycles. The fourth-order valence-corrected chi connectivity index (χ4v) is 3.01. The van der Waals surface area contributed by atoms with E-state index in [2.05, 4.69) is 42.0 Å². The molecule has 2 aromatic rings. The molecule has 162 valence electrons. The van der Waals surface area contributed by atoms with Gasteiger partial charge in [0.15, 0.2) is 6.10 Å². The van der Waals surface area contributed by atoms with Gasteiger partial charge in [0.1, 0.15) is 18.1 Å². The molecule has 0 bridgehead atoms. The lowest BCUT2D eigenvalue weighted by atomic mass is 10.2. The van der Waals surface area contributed by atoms with Crippen LogP contribution in [0.5, 0.6) is 5.75 Å². The SMILES string of the molecule is CCN(Cc1cc(Br)ccc1OCC(O)C(F)(F)F)N1C=CC=C(c2nn[nH]n2)N1. The molecule has 0 saturated carbocycles. The molecule has 1 aliphatic rings. The number of aliphatic hydroxyl groups excluding tert-OH is 1. The quantitative estimate of drug-likeness (QED) is 0.519. The summed E-state index contributed by atoms with van der Waals surface area (Å²) in [6.07, 6.45) is -1.96. The van der Waals surface area contributed by atoms with Crippen molar-refractivity contribution in [3.63, 3.8) is 0 Å². The van der Waals surface area contributed by atoms with E-state index in [1.54, 1.807) is 41.7 Å². The van der Waals surface area contributed by atoms with Gasteiger partial charge in [-0.15, -0.1) is 10.2 Å². The highest BCUT2D eigenvalue weighted by atomic mass is 79.9. The molecule has 30 heavy (non-hydrogen) atoms. The molecule has 1 aliphatic heterocycles. The lowest BCUT2D eigenvalue weighted by molar-refractivity contribution is -0.210. The zero-order valence-electron chi connectivity index (χ0n) is 15.8. The van der Waals surface area contributed by atoms with Gasteiger partial charge < -0.3 is 9.84 Å². The van der Waals surface area contributed by atoms with Crippen molar-refractivity contribution in [2.24, 2.45) is 0 Å². The summed E-state index contributed by atoms with van der Waals surface area (Å²) in [6.45, 7) is 1.91. The highest BCUT2D eigenvalue weighted by Crippen LogP contribution is 2.27. The molecule has 1 atom stereocenters. The van der Waals surface area contributed by atoms with Crippen LogP contribution in [0.4, 0.5) is 13.2 Å². The topological polar surface area (TPSA) is 102 Å². The minimum Gasteiger partial charge on any atom is -0.490 e. The van der Waals surface area contributed by atoms with Gasteiger partial charge in [-0.05, 0) is 35.6 Å². The number of rotatable bonds is 8. The van der Waals surface area contributed by atoms with Crippen LogP contribution < -0.4 is 10.2 Å². The van der Waals surface area contributed by atoms with E-state index in [0.717, 1.165) is 4.47 Å². The number of allylic oxidation sites excluding steroid dienone is 2. The Bertz CT molecular complexity index is 905. The number of alkyl halides is 3. The van der Waals surface area contributed by atoms with Gasteiger partial charge in [-0.25, -0.2) is 5.12 Å². The Morgan fingerprint density at radius 3 is 2.83 bits per heavy atom. The zero-order valence-corrected chi connectivity index (χ0v) is 17.4. The summed E-state index contributed by atoms with van der Waals surface area (Å²) in [7, 11) is 0. The van der Waals surface area contributed by atoms with E-state index >= 15 is 0 Å². The Morgan fingerprint density at radius 2 is 2.17 bits per heavy atom. The van der Waals surface area contributed by atoms with E-state index in [1.165, 1.54) is 0 Å². The normalized spacial score (nSPS) is 15.2. The number of nitrogens with zero attached hydrogens (tertiary/aromatic N) is 5. The van der Waals surface area contributed by atoms with E-state index in [0.29, 0.717) is 30.2 Å². The number of aliphatic hydroxyl groups is 1. The maximum atomic E-state index is 12.6. The molecule has 0 fully saturated rings. The van der Waals surface area contributed by atoms with Gasteiger partial charge in [0, 0.05) is 29.3 Å². The highest BCUT2D eigenvalue weighted by molar-refractivity contribution is 9.10. The van der Waals surface area contributed by atoms with Crippen LogP contribution in [0.3, 0.4) is 0 Å². The first-order valence-corrected chi connectivity index (χ1v) is 9.66. The van der Waals surface area contributed by atoms with Gasteiger partial charge >= 0.3 is 6.18 Å². The molecule has 0 spiro atoms. The van der Waals surface area contributed by atoms with Gasteiger partial charge in [0.2, 0.25) is 5.82 Å². The van der Waals surface area contributed by atoms with Crippen molar-refractivity contribution >= 4 is 21.6 Å². The van der Waals surface area contributed by atoms with Crippen molar-refractivity contribution in [2.45, 2.75) is 25.7 Å². The summed E-state index contributed by atoms with van der Waals surface area (Å²) in [5.41, 5.74) is 4.38. The molecular formula is C17H19BrF3N7O2. The number of H-pyrrole nitrogens is 1. The van der Waals surface area contributed by atoms with E-state index in [1.807, 2.05) is 11.9 Å². The molecule has 0 aliphatic carbocycles. The minimum atomic E-state index is -4.74. The summed E-state index contributed by atoms with van der Waals surface area (Å²) in [5.74, 6) is 0.628. The number of benzene rings is 1. The molecule has 1 unspecified atom stereocenters. The van der Waals surface area contributed by atoms with Crippen LogP contribution in [-0.4, -0.2) is 61.3 Å². The van der Waals surface area contributed by atoms with Crippen molar-refractivity contribution in [2.75, 3.05) is 13.2 Å². The lowest BCUT2D eigenvalue weighted by Crippen LogP contribution is -2.47. The van der Waals surface area contributed by atoms with Crippen molar-refractivity contribution in [1.82, 2.24) is 36.2 Å². The number of nitrogens with one attached hydrogen (secondary N) is 2. The third kappa shape index (κ3) is 5.49. The Balaban J connectivity index is 1.73. The Hall–Kier alpha value is -2.64. The van der Waals surface area contributed by atoms with Crippen molar-refractivity contribution in [3.05, 3.63) is 52.4 Å². The van der Waals surface area contributed by atoms with Crippen LogP contribution in [0.1, 0.15) is 18.3 Å². The Morgan fingerprint density at radius 1 is 1.37 bits per heavy atom. The molecule has 3 rings (SSSR count). The Kier molecular flexibility index (Phi) is 6.95. The monoisotopic (exact) mass is 489 g/mol. The van der Waals surface area contributed by atoms with Crippen LogP contribution >= 0.6 is 15.9 Å². The number of hydrazine groups is 2. The molecule has 0 saturated heterocycles. The van der Waals surface area contributed by atoms with Gasteiger partial charge in [-0.3, -0.25) is 5.43 Å². The second-order valence-electron chi connectivity index (χ2n) is 6.21. The third-order valence-corrected chi connectivity index (χ3v) is 4.62. The van der Waals surface area contributed by atoms with E-state index in [-0.39, 0.29) is 5.75 Å². The van der Waals surface area contributed by atoms with Crippen molar-refractivity contribution < 1.29 is 23.0 Å². The molecule has 3 N–H and O–H groups in total. The molecule has 13 heteroatoms. The number of hydrogen-bond acceptors (Lipinski definition) is 8. The third-order valence-electron chi connectivity index (χ3n) is 4.13. The predicted octanol–water partition coefficient (Wildman–Crippen LogP) is 2.38. The number of aromatic nitrogens is 4. The highest BCUT2D eigenvalue weighted by Gasteiger charge is 2.38. The maximum absolute atomic E-state index is 12.6. The molecular weight excluding hydrogens is 471 g/mol. The summed E-state index contributed by atoms with van der Waals surface area (Å²) in [5, 5.41) is 26.6. The first-order chi connectivity index (χ1) is 14.3. The summed E-state index contributed by atoms with van der Waals surface area (Å²) < 4.78 is 43.8. The zero-order chi connectivity index (χ0) is 21.7. The molecule has 0 radical (unpaired) electrons. The number of hydrogen-bond donors (Lipinski definition) is 3. The second kappa shape index (κ2) is 9.45. The van der Waals surface area contributed by atoms with Crippen molar-refractivity contribution in [3.8, 4) is 5.75 Å². The van der Waals surface area contributed by atoms with Crippen LogP contribution in [0.2, 0.25) is 0 Å². The number of aromatic amines is 1. The maximum Gasteiger partial charge on any atom is 0.417 e. The largest absolute Gasteiger partial charge is 0.490 e. The molecule has 0 amide bonds. The standard InChI is InChI=1S/C17H19BrF3N7O2/c1-2-27(28-7-3-4-13(24-28)16-22-25-26-23-16)9-11-8-12(18)5-6-14(11)30-10-15(29)17(19,20)21/h3-8,15,24,29H,2,9-10H2,1H3,(H,22,23,25,26). The smallest absolute Gasteiger partial charge is 0.417 e. The molecule has 1 aromatic heterocycles. The summed E-state index contributed by atoms with van der Waals surface area (Å²) in [4.78, 5) is 0. The average molecular weight is 490 g/mol. The molecule has 9 nitrogen and oxygen atoms in total. The van der Waals surface area contributed by atoms with Gasteiger partial charge in [0.05, 0.1) is 0 Å². The average Bonchev–Trinajstić information content (AvgIpc) is 3.25. The minimum absolute atomic E-state index is 0.245. The summed E-state index contributed by atoms with van der Waals surface area (Å²) >= 11 is 3.37. The summed E-state index contributed by atoms with van der Waals surface area (Å²) in [6, 6.07) is 4.97. The molecule has 1 aromatic carbocycles. The Labute approximate surface area is 178 Å². The number of ether oxygens (including phenoxy) is 1. The van der Waals surface area contributed by atoms with E-state index in [4.69, 9.17) is 4.74 Å². The van der Waals surface area contributed by atoms with Crippen LogP contribution in [0, 0.1) is 0 Å². The fraction of sp³-hybridized carbons (Fsp3) is 0.353. The first-order valence-electron chi connectivity index (χ1n) is 8.87. The van der Waals surface area contributed by atoms with Crippen LogP contribution in [0.25, 0.3) is 5.70 Å².